The molecule has 0 saturated carbocycles. The van der Waals surface area contributed by atoms with Crippen LogP contribution in [0, 0.1) is 12.7 Å². The molecule has 90 valence electrons. The Kier molecular flexibility index (Phi) is 3.54. The maximum Gasteiger partial charge on any atom is 0.126 e. The number of aromatic nitrogens is 2. The minimum atomic E-state index is -0.185. The lowest BCUT2D eigenvalue weighted by Gasteiger charge is -2.00. The summed E-state index contributed by atoms with van der Waals surface area (Å²) in [5.74, 6) is 0.687. The molecule has 0 amide bonds. The molecule has 17 heavy (non-hydrogen) atoms. The van der Waals surface area contributed by atoms with E-state index in [1.807, 2.05) is 13.0 Å². The van der Waals surface area contributed by atoms with Crippen molar-refractivity contribution in [1.82, 2.24) is 9.97 Å². The van der Waals surface area contributed by atoms with Crippen LogP contribution >= 0.6 is 0 Å². The number of rotatable bonds is 4. The molecule has 1 aromatic carbocycles. The van der Waals surface area contributed by atoms with Crippen LogP contribution in [0.15, 0.2) is 24.3 Å². The third kappa shape index (κ3) is 2.71. The van der Waals surface area contributed by atoms with Crippen molar-refractivity contribution in [3.05, 3.63) is 52.9 Å². The van der Waals surface area contributed by atoms with Gasteiger partial charge in [-0.3, -0.25) is 0 Å². The highest BCUT2D eigenvalue weighted by molar-refractivity contribution is 5.26. The van der Waals surface area contributed by atoms with Crippen molar-refractivity contribution in [3.8, 4) is 0 Å². The van der Waals surface area contributed by atoms with Gasteiger partial charge in [0, 0.05) is 18.5 Å². The maximum atomic E-state index is 13.5. The molecule has 0 aliphatic rings. The number of nitrogens with one attached hydrogen (secondary N) is 1. The van der Waals surface area contributed by atoms with E-state index in [1.54, 1.807) is 12.1 Å². The number of halogens is 1. The third-order valence-corrected chi connectivity index (χ3v) is 2.73. The Morgan fingerprint density at radius 3 is 2.82 bits per heavy atom. The lowest BCUT2D eigenvalue weighted by Crippen LogP contribution is -2.04. The van der Waals surface area contributed by atoms with Crippen molar-refractivity contribution in [2.24, 2.45) is 5.73 Å². The van der Waals surface area contributed by atoms with Gasteiger partial charge in [-0.15, -0.1) is 0 Å². The molecule has 4 heteroatoms. The average molecular weight is 233 g/mol. The Bertz CT molecular complexity index is 505. The molecule has 0 fully saturated rings. The second-order valence-electron chi connectivity index (χ2n) is 4.06. The molecule has 0 saturated heterocycles. The number of H-pyrrole nitrogens is 1. The Labute approximate surface area is 99.9 Å². The summed E-state index contributed by atoms with van der Waals surface area (Å²) in [5.41, 5.74) is 8.02. The molecule has 0 unspecified atom stereocenters. The first-order chi connectivity index (χ1) is 8.20. The van der Waals surface area contributed by atoms with Crippen molar-refractivity contribution in [1.29, 1.82) is 0 Å². The molecular weight excluding hydrogens is 217 g/mol. The van der Waals surface area contributed by atoms with Crippen LogP contribution in [-0.4, -0.2) is 16.5 Å². The van der Waals surface area contributed by atoms with E-state index in [-0.39, 0.29) is 5.82 Å². The smallest absolute Gasteiger partial charge is 0.126 e. The Balaban J connectivity index is 2.21. The number of nitrogens with zero attached hydrogens (tertiary/aromatic N) is 1. The molecule has 2 rings (SSSR count). The van der Waals surface area contributed by atoms with Gasteiger partial charge in [-0.05, 0) is 25.1 Å². The van der Waals surface area contributed by atoms with Crippen molar-refractivity contribution >= 4 is 0 Å². The molecule has 0 bridgehead atoms. The van der Waals surface area contributed by atoms with Crippen molar-refractivity contribution in [2.75, 3.05) is 6.54 Å². The second kappa shape index (κ2) is 5.10. The molecule has 0 atom stereocenters. The van der Waals surface area contributed by atoms with E-state index in [0.717, 1.165) is 23.6 Å². The van der Waals surface area contributed by atoms with Crippen LogP contribution in [0.5, 0.6) is 0 Å². The number of nitrogens with two attached hydrogens (primary N) is 1. The molecular formula is C13H16FN3. The topological polar surface area (TPSA) is 54.7 Å². The Morgan fingerprint density at radius 1 is 1.35 bits per heavy atom. The van der Waals surface area contributed by atoms with Gasteiger partial charge in [-0.2, -0.15) is 0 Å². The largest absolute Gasteiger partial charge is 0.346 e. The van der Waals surface area contributed by atoms with Crippen LogP contribution in [0.1, 0.15) is 22.8 Å². The standard InChI is InChI=1S/C13H16FN3/c1-9-12(17-13(16-9)6-7-15)8-10-4-2-3-5-11(10)14/h2-5H,6-8,15H2,1H3,(H,16,17). The summed E-state index contributed by atoms with van der Waals surface area (Å²) in [4.78, 5) is 7.61. The SMILES string of the molecule is Cc1[nH]c(CCN)nc1Cc1ccccc1F. The van der Waals surface area contributed by atoms with E-state index < -0.39 is 0 Å². The number of aromatic amines is 1. The van der Waals surface area contributed by atoms with E-state index in [1.165, 1.54) is 6.07 Å². The van der Waals surface area contributed by atoms with Gasteiger partial charge in [0.15, 0.2) is 0 Å². The maximum absolute atomic E-state index is 13.5. The van der Waals surface area contributed by atoms with Gasteiger partial charge >= 0.3 is 0 Å². The summed E-state index contributed by atoms with van der Waals surface area (Å²) < 4.78 is 13.5. The molecule has 0 aliphatic carbocycles. The molecule has 1 heterocycles. The van der Waals surface area contributed by atoms with Gasteiger partial charge in [-0.25, -0.2) is 9.37 Å². The zero-order chi connectivity index (χ0) is 12.3. The first-order valence-corrected chi connectivity index (χ1v) is 5.68. The summed E-state index contributed by atoms with van der Waals surface area (Å²) in [7, 11) is 0. The quantitative estimate of drug-likeness (QED) is 0.848. The minimum Gasteiger partial charge on any atom is -0.346 e. The second-order valence-corrected chi connectivity index (χ2v) is 4.06. The van der Waals surface area contributed by atoms with Gasteiger partial charge in [-0.1, -0.05) is 18.2 Å². The van der Waals surface area contributed by atoms with Crippen LogP contribution in [0.25, 0.3) is 0 Å². The van der Waals surface area contributed by atoms with Gasteiger partial charge in [0.2, 0.25) is 0 Å². The molecule has 3 N–H and O–H groups in total. The van der Waals surface area contributed by atoms with Crippen LogP contribution in [0.3, 0.4) is 0 Å². The van der Waals surface area contributed by atoms with Crippen LogP contribution < -0.4 is 5.73 Å². The zero-order valence-corrected chi connectivity index (χ0v) is 9.83. The molecule has 0 spiro atoms. The average Bonchev–Trinajstić information content (AvgIpc) is 2.63. The summed E-state index contributed by atoms with van der Waals surface area (Å²) in [6.45, 7) is 2.51. The fourth-order valence-electron chi connectivity index (χ4n) is 1.81. The highest BCUT2D eigenvalue weighted by Gasteiger charge is 2.09. The van der Waals surface area contributed by atoms with E-state index in [2.05, 4.69) is 9.97 Å². The molecule has 0 radical (unpaired) electrons. The summed E-state index contributed by atoms with van der Waals surface area (Å²) in [6.07, 6.45) is 1.23. The zero-order valence-electron chi connectivity index (χ0n) is 9.83. The Morgan fingerprint density at radius 2 is 2.12 bits per heavy atom. The number of imidazole rings is 1. The molecule has 3 nitrogen and oxygen atoms in total. The lowest BCUT2D eigenvalue weighted by molar-refractivity contribution is 0.613. The van der Waals surface area contributed by atoms with Gasteiger partial charge in [0.1, 0.15) is 11.6 Å². The first-order valence-electron chi connectivity index (χ1n) is 5.68. The minimum absolute atomic E-state index is 0.185. The fraction of sp³-hybridized carbons (Fsp3) is 0.308. The molecule has 0 aliphatic heterocycles. The first kappa shape index (κ1) is 11.8. The van der Waals surface area contributed by atoms with Gasteiger partial charge < -0.3 is 10.7 Å². The number of hydrogen-bond acceptors (Lipinski definition) is 2. The summed E-state index contributed by atoms with van der Waals surface area (Å²) in [6, 6.07) is 6.78. The number of hydrogen-bond donors (Lipinski definition) is 2. The normalized spacial score (nSPS) is 10.8. The van der Waals surface area contributed by atoms with Crippen LogP contribution in [0.4, 0.5) is 4.39 Å². The van der Waals surface area contributed by atoms with E-state index >= 15 is 0 Å². The predicted octanol–water partition coefficient (Wildman–Crippen LogP) is 1.95. The van der Waals surface area contributed by atoms with Crippen LogP contribution in [-0.2, 0) is 12.8 Å². The number of aryl methyl sites for hydroxylation is 1. The van der Waals surface area contributed by atoms with Crippen molar-refractivity contribution in [2.45, 2.75) is 19.8 Å². The lowest BCUT2D eigenvalue weighted by atomic mass is 10.1. The van der Waals surface area contributed by atoms with Crippen LogP contribution in [0.2, 0.25) is 0 Å². The fourth-order valence-corrected chi connectivity index (χ4v) is 1.81. The molecule has 1 aromatic heterocycles. The summed E-state index contributed by atoms with van der Waals surface area (Å²) in [5, 5.41) is 0. The van der Waals surface area contributed by atoms with Crippen molar-refractivity contribution in [3.63, 3.8) is 0 Å². The third-order valence-electron chi connectivity index (χ3n) is 2.73. The predicted molar refractivity (Wildman–Crippen MR) is 65.3 cm³/mol. The van der Waals surface area contributed by atoms with E-state index in [4.69, 9.17) is 5.73 Å². The molecule has 2 aromatic rings. The van der Waals surface area contributed by atoms with Crippen molar-refractivity contribution < 1.29 is 4.39 Å². The highest BCUT2D eigenvalue weighted by Crippen LogP contribution is 2.14. The van der Waals surface area contributed by atoms with Gasteiger partial charge in [0.25, 0.3) is 0 Å². The van der Waals surface area contributed by atoms with E-state index in [0.29, 0.717) is 18.5 Å². The summed E-state index contributed by atoms with van der Waals surface area (Å²) >= 11 is 0. The van der Waals surface area contributed by atoms with Gasteiger partial charge in [0.05, 0.1) is 5.69 Å². The van der Waals surface area contributed by atoms with E-state index in [9.17, 15) is 4.39 Å². The monoisotopic (exact) mass is 233 g/mol. The highest BCUT2D eigenvalue weighted by atomic mass is 19.1. The number of benzene rings is 1. The Hall–Kier alpha value is -1.68.